The van der Waals surface area contributed by atoms with Crippen molar-refractivity contribution in [1.82, 2.24) is 5.32 Å². The molecule has 1 aliphatic heterocycles. The van der Waals surface area contributed by atoms with E-state index >= 15 is 0 Å². The first-order valence-corrected chi connectivity index (χ1v) is 6.20. The van der Waals surface area contributed by atoms with Gasteiger partial charge in [-0.3, -0.25) is 4.79 Å². The zero-order valence-corrected chi connectivity index (χ0v) is 10.6. The van der Waals surface area contributed by atoms with Crippen LogP contribution in [0.5, 0.6) is 0 Å². The minimum absolute atomic E-state index is 0.111. The smallest absolute Gasteiger partial charge is 0.251 e. The van der Waals surface area contributed by atoms with Crippen molar-refractivity contribution in [2.24, 2.45) is 0 Å². The van der Waals surface area contributed by atoms with Gasteiger partial charge in [-0.25, -0.2) is 0 Å². The number of nitrogens with zero attached hydrogens (tertiary/aromatic N) is 1. The van der Waals surface area contributed by atoms with Gasteiger partial charge in [0.05, 0.1) is 23.8 Å². The molecular formula is C14H16N2O3. The zero-order valence-electron chi connectivity index (χ0n) is 10.6. The summed E-state index contributed by atoms with van der Waals surface area (Å²) in [4.78, 5) is 12.2. The number of ether oxygens (including phenoxy) is 1. The molecule has 5 heteroatoms. The van der Waals surface area contributed by atoms with Crippen LogP contribution in [0.25, 0.3) is 0 Å². The van der Waals surface area contributed by atoms with Crippen molar-refractivity contribution in [1.29, 1.82) is 5.26 Å². The lowest BCUT2D eigenvalue weighted by atomic mass is 9.90. The van der Waals surface area contributed by atoms with Crippen LogP contribution >= 0.6 is 0 Å². The van der Waals surface area contributed by atoms with Crippen LogP contribution in [0.1, 0.15) is 28.8 Å². The van der Waals surface area contributed by atoms with E-state index in [0.29, 0.717) is 37.2 Å². The SMILES string of the molecule is N#Cc1cccc(C(=O)NC2(CO)CCOCC2)c1. The number of carbonyl (C=O) groups is 1. The molecule has 2 rings (SSSR count). The molecule has 0 atom stereocenters. The van der Waals surface area contributed by atoms with E-state index in [1.54, 1.807) is 24.3 Å². The summed E-state index contributed by atoms with van der Waals surface area (Å²) >= 11 is 0. The topological polar surface area (TPSA) is 82.4 Å². The molecule has 1 saturated heterocycles. The van der Waals surface area contributed by atoms with Crippen molar-refractivity contribution in [3.63, 3.8) is 0 Å². The van der Waals surface area contributed by atoms with E-state index < -0.39 is 5.54 Å². The fourth-order valence-electron chi connectivity index (χ4n) is 2.13. The molecule has 0 radical (unpaired) electrons. The third-order valence-electron chi connectivity index (χ3n) is 3.39. The molecule has 0 unspecified atom stereocenters. The molecule has 1 amide bonds. The number of carbonyl (C=O) groups excluding carboxylic acids is 1. The van der Waals surface area contributed by atoms with E-state index in [0.717, 1.165) is 0 Å². The fraction of sp³-hybridized carbons (Fsp3) is 0.429. The van der Waals surface area contributed by atoms with Crippen LogP contribution in [0.4, 0.5) is 0 Å². The molecule has 1 aliphatic rings. The normalized spacial score (nSPS) is 17.5. The second-order valence-electron chi connectivity index (χ2n) is 4.70. The van der Waals surface area contributed by atoms with Gasteiger partial charge in [0, 0.05) is 18.8 Å². The van der Waals surface area contributed by atoms with Gasteiger partial charge in [0.1, 0.15) is 0 Å². The first-order chi connectivity index (χ1) is 9.19. The quantitative estimate of drug-likeness (QED) is 0.843. The first kappa shape index (κ1) is 13.5. The van der Waals surface area contributed by atoms with Crippen molar-refractivity contribution < 1.29 is 14.6 Å². The zero-order chi connectivity index (χ0) is 13.7. The van der Waals surface area contributed by atoms with Gasteiger partial charge >= 0.3 is 0 Å². The largest absolute Gasteiger partial charge is 0.394 e. The van der Waals surface area contributed by atoms with Crippen molar-refractivity contribution in [3.8, 4) is 6.07 Å². The molecule has 0 aliphatic carbocycles. The Morgan fingerprint density at radius 3 is 2.84 bits per heavy atom. The highest BCUT2D eigenvalue weighted by atomic mass is 16.5. The van der Waals surface area contributed by atoms with Crippen LogP contribution in [0.3, 0.4) is 0 Å². The summed E-state index contributed by atoms with van der Waals surface area (Å²) in [6.07, 6.45) is 1.18. The average Bonchev–Trinajstić information content (AvgIpc) is 2.48. The van der Waals surface area contributed by atoms with Crippen molar-refractivity contribution >= 4 is 5.91 Å². The highest BCUT2D eigenvalue weighted by Crippen LogP contribution is 2.20. The van der Waals surface area contributed by atoms with Crippen molar-refractivity contribution in [3.05, 3.63) is 35.4 Å². The van der Waals surface area contributed by atoms with Gasteiger partial charge in [-0.05, 0) is 31.0 Å². The van der Waals surface area contributed by atoms with E-state index in [-0.39, 0.29) is 12.5 Å². The molecule has 0 saturated carbocycles. The molecule has 100 valence electrons. The number of rotatable bonds is 3. The second-order valence-corrected chi connectivity index (χ2v) is 4.70. The number of nitriles is 1. The van der Waals surface area contributed by atoms with Gasteiger partial charge < -0.3 is 15.2 Å². The molecular weight excluding hydrogens is 244 g/mol. The van der Waals surface area contributed by atoms with Crippen LogP contribution < -0.4 is 5.32 Å². The molecule has 19 heavy (non-hydrogen) atoms. The third-order valence-corrected chi connectivity index (χ3v) is 3.39. The predicted molar refractivity (Wildman–Crippen MR) is 68.5 cm³/mol. The number of hydrogen-bond donors (Lipinski definition) is 2. The summed E-state index contributed by atoms with van der Waals surface area (Å²) in [7, 11) is 0. The highest BCUT2D eigenvalue weighted by Gasteiger charge is 2.33. The molecule has 1 heterocycles. The van der Waals surface area contributed by atoms with Crippen LogP contribution in [0.2, 0.25) is 0 Å². The second kappa shape index (κ2) is 5.83. The van der Waals surface area contributed by atoms with Crippen LogP contribution in [-0.4, -0.2) is 36.4 Å². The third kappa shape index (κ3) is 3.11. The molecule has 1 aromatic carbocycles. The minimum Gasteiger partial charge on any atom is -0.394 e. The van der Waals surface area contributed by atoms with Gasteiger partial charge in [0.25, 0.3) is 5.91 Å². The molecule has 0 spiro atoms. The molecule has 5 nitrogen and oxygen atoms in total. The van der Waals surface area contributed by atoms with Crippen molar-refractivity contribution in [2.75, 3.05) is 19.8 Å². The minimum atomic E-state index is -0.613. The summed E-state index contributed by atoms with van der Waals surface area (Å²) in [6, 6.07) is 8.51. The van der Waals surface area contributed by atoms with Crippen LogP contribution in [0.15, 0.2) is 24.3 Å². The Labute approximate surface area is 111 Å². The summed E-state index contributed by atoms with van der Waals surface area (Å²) in [5, 5.41) is 21.2. The Morgan fingerprint density at radius 1 is 1.47 bits per heavy atom. The van der Waals surface area contributed by atoms with Gasteiger partial charge in [0.15, 0.2) is 0 Å². The van der Waals surface area contributed by atoms with E-state index in [9.17, 15) is 9.90 Å². The number of hydrogen-bond acceptors (Lipinski definition) is 4. The van der Waals surface area contributed by atoms with Crippen LogP contribution in [0, 0.1) is 11.3 Å². The molecule has 1 fully saturated rings. The summed E-state index contributed by atoms with van der Waals surface area (Å²) < 4.78 is 5.24. The maximum atomic E-state index is 12.2. The number of benzene rings is 1. The Hall–Kier alpha value is -1.90. The lowest BCUT2D eigenvalue weighted by Gasteiger charge is -2.36. The highest BCUT2D eigenvalue weighted by molar-refractivity contribution is 5.95. The Morgan fingerprint density at radius 2 is 2.21 bits per heavy atom. The molecule has 2 N–H and O–H groups in total. The Bertz CT molecular complexity index is 502. The standard InChI is InChI=1S/C14H16N2O3/c15-9-11-2-1-3-12(8-11)13(18)16-14(10-17)4-6-19-7-5-14/h1-3,8,17H,4-7,10H2,(H,16,18). The van der Waals surface area contributed by atoms with E-state index in [1.807, 2.05) is 6.07 Å². The van der Waals surface area contributed by atoms with E-state index in [4.69, 9.17) is 10.00 Å². The fourth-order valence-corrected chi connectivity index (χ4v) is 2.13. The monoisotopic (exact) mass is 260 g/mol. The number of aliphatic hydroxyl groups excluding tert-OH is 1. The van der Waals surface area contributed by atoms with Gasteiger partial charge in [-0.15, -0.1) is 0 Å². The van der Waals surface area contributed by atoms with E-state index in [1.165, 1.54) is 0 Å². The summed E-state index contributed by atoms with van der Waals surface area (Å²) in [5.74, 6) is -0.270. The summed E-state index contributed by atoms with van der Waals surface area (Å²) in [6.45, 7) is 0.943. The van der Waals surface area contributed by atoms with Crippen molar-refractivity contribution in [2.45, 2.75) is 18.4 Å². The van der Waals surface area contributed by atoms with Gasteiger partial charge in [0.2, 0.25) is 0 Å². The maximum absolute atomic E-state index is 12.2. The van der Waals surface area contributed by atoms with Gasteiger partial charge in [-0.1, -0.05) is 6.07 Å². The van der Waals surface area contributed by atoms with Crippen LogP contribution in [-0.2, 0) is 4.74 Å². The first-order valence-electron chi connectivity index (χ1n) is 6.20. The maximum Gasteiger partial charge on any atom is 0.251 e. The van der Waals surface area contributed by atoms with E-state index in [2.05, 4.69) is 5.32 Å². The number of aliphatic hydroxyl groups is 1. The number of amides is 1. The molecule has 0 aromatic heterocycles. The number of nitrogens with one attached hydrogen (secondary N) is 1. The lowest BCUT2D eigenvalue weighted by molar-refractivity contribution is 0.0125. The van der Waals surface area contributed by atoms with Gasteiger partial charge in [-0.2, -0.15) is 5.26 Å². The Balaban J connectivity index is 2.13. The molecule has 0 bridgehead atoms. The lowest BCUT2D eigenvalue weighted by Crippen LogP contribution is -2.54. The molecule has 1 aromatic rings. The predicted octanol–water partition coefficient (Wildman–Crippen LogP) is 0.830. The Kier molecular flexibility index (Phi) is 4.15. The summed E-state index contributed by atoms with van der Waals surface area (Å²) in [5.41, 5.74) is 0.258. The average molecular weight is 260 g/mol.